The number of aryl methyl sites for hydroxylation is 2. The van der Waals surface area contributed by atoms with E-state index in [0.29, 0.717) is 11.6 Å². The van der Waals surface area contributed by atoms with E-state index >= 15 is 0 Å². The van der Waals surface area contributed by atoms with Crippen LogP contribution in [-0.4, -0.2) is 29.0 Å². The maximum Gasteiger partial charge on any atom is 0.263 e. The van der Waals surface area contributed by atoms with Gasteiger partial charge in [-0.2, -0.15) is 0 Å². The number of hydrogen-bond donors (Lipinski definition) is 2. The molecule has 0 aromatic carbocycles. The first kappa shape index (κ1) is 13.1. The van der Waals surface area contributed by atoms with E-state index < -0.39 is 0 Å². The van der Waals surface area contributed by atoms with Crippen molar-refractivity contribution in [3.8, 4) is 0 Å². The van der Waals surface area contributed by atoms with Gasteiger partial charge < -0.3 is 10.6 Å². The Kier molecular flexibility index (Phi) is 3.35. The van der Waals surface area contributed by atoms with Gasteiger partial charge in [0.2, 0.25) is 0 Å². The lowest BCUT2D eigenvalue weighted by Gasteiger charge is -2.48. The summed E-state index contributed by atoms with van der Waals surface area (Å²) in [7, 11) is 0. The van der Waals surface area contributed by atoms with E-state index in [0.717, 1.165) is 35.0 Å². The number of carbonyl (C=O) groups is 1. The topological polar surface area (TPSA) is 54.0 Å². The van der Waals surface area contributed by atoms with Crippen LogP contribution in [0, 0.1) is 13.8 Å². The first-order valence-electron chi connectivity index (χ1n) is 7.08. The second-order valence-corrected chi connectivity index (χ2v) is 7.07. The maximum absolute atomic E-state index is 12.3. The molecule has 1 saturated carbocycles. The summed E-state index contributed by atoms with van der Waals surface area (Å²) < 4.78 is 0. The van der Waals surface area contributed by atoms with Gasteiger partial charge in [-0.25, -0.2) is 4.98 Å². The standard InChI is InChI=1S/C14H21N3OS/c1-9-12(19-10(2)16-9)13(18)17-11-4-7-15-14(8-11)5-3-6-14/h11,15H,3-8H2,1-2H3,(H,17,18). The first-order chi connectivity index (χ1) is 9.08. The number of thiazole rings is 1. The minimum Gasteiger partial charge on any atom is -0.348 e. The van der Waals surface area contributed by atoms with Crippen LogP contribution in [0.4, 0.5) is 0 Å². The van der Waals surface area contributed by atoms with Crippen LogP contribution in [0.5, 0.6) is 0 Å². The minimum atomic E-state index is 0.0597. The molecule has 5 heteroatoms. The molecule has 2 fully saturated rings. The van der Waals surface area contributed by atoms with Gasteiger partial charge >= 0.3 is 0 Å². The number of nitrogens with one attached hydrogen (secondary N) is 2. The third-order valence-corrected chi connectivity index (χ3v) is 5.46. The van der Waals surface area contributed by atoms with Gasteiger partial charge in [-0.15, -0.1) is 11.3 Å². The lowest BCUT2D eigenvalue weighted by atomic mass is 9.70. The fraction of sp³-hybridized carbons (Fsp3) is 0.714. The van der Waals surface area contributed by atoms with Crippen LogP contribution in [-0.2, 0) is 0 Å². The molecule has 1 aliphatic heterocycles. The van der Waals surface area contributed by atoms with Crippen molar-refractivity contribution in [1.82, 2.24) is 15.6 Å². The normalized spacial score (nSPS) is 25.1. The lowest BCUT2D eigenvalue weighted by molar-refractivity contribution is 0.0856. The Morgan fingerprint density at radius 1 is 1.47 bits per heavy atom. The highest BCUT2D eigenvalue weighted by atomic mass is 32.1. The molecule has 1 amide bonds. The highest BCUT2D eigenvalue weighted by Gasteiger charge is 2.41. The number of aromatic nitrogens is 1. The highest BCUT2D eigenvalue weighted by molar-refractivity contribution is 7.13. The largest absolute Gasteiger partial charge is 0.348 e. The third-order valence-electron chi connectivity index (χ3n) is 4.39. The Hall–Kier alpha value is -0.940. The molecule has 1 aliphatic carbocycles. The monoisotopic (exact) mass is 279 g/mol. The second-order valence-electron chi connectivity index (χ2n) is 5.87. The SMILES string of the molecule is Cc1nc(C)c(C(=O)NC2CCNC3(CCC3)C2)s1. The molecule has 2 aliphatic rings. The Bertz CT molecular complexity index is 493. The fourth-order valence-corrected chi connectivity index (χ4v) is 4.08. The van der Waals surface area contributed by atoms with Gasteiger partial charge in [-0.1, -0.05) is 0 Å². The summed E-state index contributed by atoms with van der Waals surface area (Å²) in [5.74, 6) is 0.0597. The fourth-order valence-electron chi connectivity index (χ4n) is 3.26. The number of nitrogens with zero attached hydrogens (tertiary/aromatic N) is 1. The number of hydrogen-bond acceptors (Lipinski definition) is 4. The van der Waals surface area contributed by atoms with E-state index in [1.54, 1.807) is 0 Å². The number of carbonyl (C=O) groups excluding carboxylic acids is 1. The van der Waals surface area contributed by atoms with E-state index in [1.807, 2.05) is 13.8 Å². The maximum atomic E-state index is 12.3. The summed E-state index contributed by atoms with van der Waals surface area (Å²) in [5, 5.41) is 7.80. The van der Waals surface area contributed by atoms with Gasteiger partial charge in [0.1, 0.15) is 4.88 Å². The van der Waals surface area contributed by atoms with Gasteiger partial charge in [-0.3, -0.25) is 4.79 Å². The van der Waals surface area contributed by atoms with Crippen molar-refractivity contribution < 1.29 is 4.79 Å². The summed E-state index contributed by atoms with van der Waals surface area (Å²) in [6, 6.07) is 0.316. The minimum absolute atomic E-state index is 0.0597. The molecular weight excluding hydrogens is 258 g/mol. The van der Waals surface area contributed by atoms with Crippen LogP contribution < -0.4 is 10.6 Å². The predicted molar refractivity (Wildman–Crippen MR) is 76.7 cm³/mol. The summed E-state index contributed by atoms with van der Waals surface area (Å²) >= 11 is 1.49. The predicted octanol–water partition coefficient (Wildman–Crippen LogP) is 2.16. The smallest absolute Gasteiger partial charge is 0.263 e. The van der Waals surface area contributed by atoms with Crippen LogP contribution in [0.2, 0.25) is 0 Å². The van der Waals surface area contributed by atoms with Crippen molar-refractivity contribution in [2.45, 2.75) is 57.5 Å². The van der Waals surface area contributed by atoms with Crippen LogP contribution in [0.25, 0.3) is 0 Å². The third kappa shape index (κ3) is 2.54. The van der Waals surface area contributed by atoms with Crippen molar-refractivity contribution in [3.05, 3.63) is 15.6 Å². The quantitative estimate of drug-likeness (QED) is 0.872. The van der Waals surface area contributed by atoms with Gasteiger partial charge in [-0.05, 0) is 52.5 Å². The van der Waals surface area contributed by atoms with Crippen LogP contribution in [0.15, 0.2) is 0 Å². The highest BCUT2D eigenvalue weighted by Crippen LogP contribution is 2.38. The van der Waals surface area contributed by atoms with E-state index in [4.69, 9.17) is 0 Å². The molecule has 0 bridgehead atoms. The molecule has 19 heavy (non-hydrogen) atoms. The molecule has 0 radical (unpaired) electrons. The summed E-state index contributed by atoms with van der Waals surface area (Å²) in [5.41, 5.74) is 1.18. The second kappa shape index (κ2) is 4.87. The molecular formula is C14H21N3OS. The van der Waals surface area contributed by atoms with Crippen molar-refractivity contribution in [1.29, 1.82) is 0 Å². The zero-order valence-electron chi connectivity index (χ0n) is 11.6. The van der Waals surface area contributed by atoms with Crippen LogP contribution >= 0.6 is 11.3 Å². The lowest BCUT2D eigenvalue weighted by Crippen LogP contribution is -2.59. The molecule has 1 spiro atoms. The molecule has 2 heterocycles. The van der Waals surface area contributed by atoms with Crippen molar-refractivity contribution in [2.24, 2.45) is 0 Å². The first-order valence-corrected chi connectivity index (χ1v) is 7.90. The van der Waals surface area contributed by atoms with Gasteiger partial charge in [0.05, 0.1) is 10.7 Å². The average molecular weight is 279 g/mol. The zero-order valence-corrected chi connectivity index (χ0v) is 12.4. The average Bonchev–Trinajstić information content (AvgIpc) is 2.67. The van der Waals surface area contributed by atoms with E-state index in [1.165, 1.54) is 30.6 Å². The van der Waals surface area contributed by atoms with E-state index in [9.17, 15) is 4.79 Å². The van der Waals surface area contributed by atoms with Crippen molar-refractivity contribution in [3.63, 3.8) is 0 Å². The van der Waals surface area contributed by atoms with Crippen molar-refractivity contribution >= 4 is 17.2 Å². The Morgan fingerprint density at radius 2 is 2.26 bits per heavy atom. The van der Waals surface area contributed by atoms with E-state index in [2.05, 4.69) is 15.6 Å². The van der Waals surface area contributed by atoms with Crippen LogP contribution in [0.3, 0.4) is 0 Å². The molecule has 1 aromatic heterocycles. The zero-order chi connectivity index (χ0) is 13.5. The summed E-state index contributed by atoms with van der Waals surface area (Å²) in [6.45, 7) is 4.88. The Labute approximate surface area is 118 Å². The molecule has 1 atom stereocenters. The summed E-state index contributed by atoms with van der Waals surface area (Å²) in [4.78, 5) is 17.4. The molecule has 104 valence electrons. The molecule has 1 unspecified atom stereocenters. The van der Waals surface area contributed by atoms with Crippen molar-refractivity contribution in [2.75, 3.05) is 6.54 Å². The number of piperidine rings is 1. The molecule has 2 N–H and O–H groups in total. The Balaban J connectivity index is 1.64. The molecule has 3 rings (SSSR count). The van der Waals surface area contributed by atoms with Gasteiger partial charge in [0, 0.05) is 11.6 Å². The molecule has 1 saturated heterocycles. The number of rotatable bonds is 2. The Morgan fingerprint density at radius 3 is 2.84 bits per heavy atom. The van der Waals surface area contributed by atoms with Crippen LogP contribution in [0.1, 0.15) is 52.5 Å². The molecule has 4 nitrogen and oxygen atoms in total. The van der Waals surface area contributed by atoms with E-state index in [-0.39, 0.29) is 5.91 Å². The van der Waals surface area contributed by atoms with Gasteiger partial charge in [0.25, 0.3) is 5.91 Å². The number of amides is 1. The molecule has 1 aromatic rings. The summed E-state index contributed by atoms with van der Waals surface area (Å²) in [6.07, 6.45) is 5.96. The van der Waals surface area contributed by atoms with Gasteiger partial charge in [0.15, 0.2) is 0 Å².